The number of benzene rings is 1. The van der Waals surface area contributed by atoms with Gasteiger partial charge in [-0.05, 0) is 37.5 Å². The molecule has 1 rings (SSSR count). The van der Waals surface area contributed by atoms with Crippen molar-refractivity contribution < 1.29 is 0 Å². The predicted octanol–water partition coefficient (Wildman–Crippen LogP) is 2.98. The van der Waals surface area contributed by atoms with Crippen LogP contribution in [0.1, 0.15) is 29.7 Å². The summed E-state index contributed by atoms with van der Waals surface area (Å²) >= 11 is 6.01. The molecule has 1 aromatic carbocycles. The van der Waals surface area contributed by atoms with Crippen molar-refractivity contribution in [1.82, 2.24) is 0 Å². The summed E-state index contributed by atoms with van der Waals surface area (Å²) in [6.45, 7) is 5.98. The summed E-state index contributed by atoms with van der Waals surface area (Å²) in [5, 5.41) is 0.847. The van der Waals surface area contributed by atoms with E-state index in [0.29, 0.717) is 0 Å². The minimum atomic E-state index is 0.0830. The number of hydrogen-bond acceptors (Lipinski definition) is 1. The van der Waals surface area contributed by atoms with Gasteiger partial charge in [0, 0.05) is 11.1 Å². The third kappa shape index (κ3) is 1.79. The molecule has 0 aliphatic carbocycles. The Morgan fingerprint density at radius 1 is 1.25 bits per heavy atom. The molecule has 12 heavy (non-hydrogen) atoms. The van der Waals surface area contributed by atoms with Gasteiger partial charge in [0.05, 0.1) is 0 Å². The van der Waals surface area contributed by atoms with E-state index in [4.69, 9.17) is 17.3 Å². The maximum atomic E-state index is 6.01. The highest BCUT2D eigenvalue weighted by Crippen LogP contribution is 2.23. The molecule has 2 N–H and O–H groups in total. The third-order valence-corrected chi connectivity index (χ3v) is 2.58. The van der Waals surface area contributed by atoms with Crippen LogP contribution in [0.3, 0.4) is 0 Å². The highest BCUT2D eigenvalue weighted by Gasteiger charge is 2.04. The molecule has 0 saturated heterocycles. The van der Waals surface area contributed by atoms with E-state index in [1.807, 2.05) is 32.9 Å². The molecule has 0 heterocycles. The van der Waals surface area contributed by atoms with Crippen molar-refractivity contribution in [2.24, 2.45) is 5.73 Å². The number of aryl methyl sites for hydroxylation is 2. The summed E-state index contributed by atoms with van der Waals surface area (Å²) in [7, 11) is 0. The van der Waals surface area contributed by atoms with Gasteiger partial charge in [-0.1, -0.05) is 23.7 Å². The molecule has 0 amide bonds. The van der Waals surface area contributed by atoms with Crippen LogP contribution in [0.2, 0.25) is 5.02 Å². The van der Waals surface area contributed by atoms with Crippen LogP contribution >= 0.6 is 11.6 Å². The van der Waals surface area contributed by atoms with Crippen LogP contribution in [0.15, 0.2) is 12.1 Å². The normalized spacial score (nSPS) is 13.1. The summed E-state index contributed by atoms with van der Waals surface area (Å²) in [4.78, 5) is 0. The van der Waals surface area contributed by atoms with Crippen LogP contribution in [0.4, 0.5) is 0 Å². The van der Waals surface area contributed by atoms with Gasteiger partial charge in [-0.3, -0.25) is 0 Å². The SMILES string of the molecule is Cc1cc(C(C)N)cc(C)c1Cl. The van der Waals surface area contributed by atoms with Gasteiger partial charge in [-0.2, -0.15) is 0 Å². The fraction of sp³-hybridized carbons (Fsp3) is 0.400. The highest BCUT2D eigenvalue weighted by molar-refractivity contribution is 6.32. The van der Waals surface area contributed by atoms with E-state index in [2.05, 4.69) is 0 Å². The summed E-state index contributed by atoms with van der Waals surface area (Å²) in [5.74, 6) is 0. The monoisotopic (exact) mass is 183 g/mol. The molecule has 2 heteroatoms. The molecule has 0 aliphatic heterocycles. The predicted molar refractivity (Wildman–Crippen MR) is 53.5 cm³/mol. The number of halogens is 1. The van der Waals surface area contributed by atoms with Crippen LogP contribution in [0.25, 0.3) is 0 Å². The Bertz CT molecular complexity index is 269. The van der Waals surface area contributed by atoms with Gasteiger partial charge in [0.15, 0.2) is 0 Å². The number of rotatable bonds is 1. The first-order chi connectivity index (χ1) is 5.52. The summed E-state index contributed by atoms with van der Waals surface area (Å²) in [6, 6.07) is 4.17. The van der Waals surface area contributed by atoms with Crippen LogP contribution in [-0.2, 0) is 0 Å². The Morgan fingerprint density at radius 2 is 1.67 bits per heavy atom. The zero-order valence-corrected chi connectivity index (χ0v) is 8.44. The van der Waals surface area contributed by atoms with Crippen LogP contribution in [-0.4, -0.2) is 0 Å². The maximum Gasteiger partial charge on any atom is 0.0464 e. The van der Waals surface area contributed by atoms with Gasteiger partial charge in [0.1, 0.15) is 0 Å². The van der Waals surface area contributed by atoms with E-state index in [0.717, 1.165) is 21.7 Å². The smallest absolute Gasteiger partial charge is 0.0464 e. The third-order valence-electron chi connectivity index (χ3n) is 1.98. The van der Waals surface area contributed by atoms with E-state index in [9.17, 15) is 0 Å². The Hall–Kier alpha value is -0.530. The number of hydrogen-bond donors (Lipinski definition) is 1. The van der Waals surface area contributed by atoms with E-state index < -0.39 is 0 Å². The molecule has 0 fully saturated rings. The standard InChI is InChI=1S/C10H14ClN/c1-6-4-9(8(3)12)5-7(2)10(6)11/h4-5,8H,12H2,1-3H3. The molecule has 1 unspecified atom stereocenters. The lowest BCUT2D eigenvalue weighted by molar-refractivity contribution is 0.815. The Balaban J connectivity index is 3.21. The first-order valence-corrected chi connectivity index (χ1v) is 4.42. The second-order valence-electron chi connectivity index (χ2n) is 3.26. The zero-order chi connectivity index (χ0) is 9.30. The molecule has 0 bridgehead atoms. The van der Waals surface area contributed by atoms with Crippen LogP contribution < -0.4 is 5.73 Å². The lowest BCUT2D eigenvalue weighted by atomic mass is 10.0. The lowest BCUT2D eigenvalue weighted by Gasteiger charge is -2.10. The quantitative estimate of drug-likeness (QED) is 0.712. The molecule has 1 atom stereocenters. The molecule has 0 saturated carbocycles. The van der Waals surface area contributed by atoms with Crippen molar-refractivity contribution >= 4 is 11.6 Å². The fourth-order valence-corrected chi connectivity index (χ4v) is 1.35. The molecule has 0 spiro atoms. The van der Waals surface area contributed by atoms with Crippen LogP contribution in [0.5, 0.6) is 0 Å². The van der Waals surface area contributed by atoms with E-state index >= 15 is 0 Å². The Kier molecular flexibility index (Phi) is 2.76. The summed E-state index contributed by atoms with van der Waals surface area (Å²) in [6.07, 6.45) is 0. The molecule has 0 radical (unpaired) electrons. The topological polar surface area (TPSA) is 26.0 Å². The molecular weight excluding hydrogens is 170 g/mol. The highest BCUT2D eigenvalue weighted by atomic mass is 35.5. The molecule has 0 aromatic heterocycles. The minimum Gasteiger partial charge on any atom is -0.324 e. The summed E-state index contributed by atoms with van der Waals surface area (Å²) < 4.78 is 0. The molecule has 0 aliphatic rings. The zero-order valence-electron chi connectivity index (χ0n) is 7.69. The van der Waals surface area contributed by atoms with Gasteiger partial charge >= 0.3 is 0 Å². The van der Waals surface area contributed by atoms with Crippen molar-refractivity contribution in [1.29, 1.82) is 0 Å². The summed E-state index contributed by atoms with van der Waals surface area (Å²) in [5.41, 5.74) is 9.11. The van der Waals surface area contributed by atoms with Crippen molar-refractivity contribution in [3.05, 3.63) is 33.8 Å². The van der Waals surface area contributed by atoms with Crippen molar-refractivity contribution in [2.45, 2.75) is 26.8 Å². The average molecular weight is 184 g/mol. The molecule has 66 valence electrons. The number of nitrogens with two attached hydrogens (primary N) is 1. The Morgan fingerprint density at radius 3 is 2.00 bits per heavy atom. The first kappa shape index (κ1) is 9.56. The van der Waals surface area contributed by atoms with Gasteiger partial charge in [-0.25, -0.2) is 0 Å². The van der Waals surface area contributed by atoms with Crippen molar-refractivity contribution in [3.63, 3.8) is 0 Å². The lowest BCUT2D eigenvalue weighted by Crippen LogP contribution is -2.05. The van der Waals surface area contributed by atoms with E-state index in [1.54, 1.807) is 0 Å². The van der Waals surface area contributed by atoms with Crippen molar-refractivity contribution in [3.8, 4) is 0 Å². The second-order valence-corrected chi connectivity index (χ2v) is 3.64. The van der Waals surface area contributed by atoms with Gasteiger partial charge in [-0.15, -0.1) is 0 Å². The Labute approximate surface area is 78.5 Å². The largest absolute Gasteiger partial charge is 0.324 e. The second kappa shape index (κ2) is 3.46. The van der Waals surface area contributed by atoms with Crippen LogP contribution in [0, 0.1) is 13.8 Å². The maximum absolute atomic E-state index is 6.01. The van der Waals surface area contributed by atoms with Gasteiger partial charge in [0.2, 0.25) is 0 Å². The van der Waals surface area contributed by atoms with E-state index in [-0.39, 0.29) is 6.04 Å². The van der Waals surface area contributed by atoms with Gasteiger partial charge in [0.25, 0.3) is 0 Å². The van der Waals surface area contributed by atoms with E-state index in [1.165, 1.54) is 0 Å². The fourth-order valence-electron chi connectivity index (χ4n) is 1.24. The average Bonchev–Trinajstić information content (AvgIpc) is 1.99. The first-order valence-electron chi connectivity index (χ1n) is 4.04. The molecule has 1 nitrogen and oxygen atoms in total. The molecular formula is C10H14ClN. The molecule has 1 aromatic rings. The van der Waals surface area contributed by atoms with Crippen molar-refractivity contribution in [2.75, 3.05) is 0 Å². The minimum absolute atomic E-state index is 0.0830. The van der Waals surface area contributed by atoms with Gasteiger partial charge < -0.3 is 5.73 Å².